The van der Waals surface area contributed by atoms with Gasteiger partial charge in [0.1, 0.15) is 6.54 Å². The Balaban J connectivity index is 5.11. The lowest BCUT2D eigenvalue weighted by Crippen LogP contribution is -2.59. The molecule has 0 aromatic rings. The first-order valence-corrected chi connectivity index (χ1v) is 6.41. The smallest absolute Gasteiger partial charge is 0.424 e. The second-order valence-electron chi connectivity index (χ2n) is 3.21. The molecular formula is C8H19N2O5S+. The molecule has 0 spiro atoms. The number of nitrogens with zero attached hydrogens (tertiary/aromatic N) is 1. The topological polar surface area (TPSA) is 92.7 Å². The molecule has 0 aromatic carbocycles. The Morgan fingerprint density at radius 3 is 2.19 bits per heavy atom. The lowest BCUT2D eigenvalue weighted by atomic mass is 10.5. The Bertz CT molecular complexity index is 323. The van der Waals surface area contributed by atoms with E-state index >= 15 is 0 Å². The molecule has 16 heavy (non-hydrogen) atoms. The van der Waals surface area contributed by atoms with Crippen molar-refractivity contribution in [1.29, 1.82) is 0 Å². The number of hydrogen-bond acceptors (Lipinski definition) is 5. The highest BCUT2D eigenvalue weighted by Crippen LogP contribution is 2.13. The number of carbonyl (C=O) groups is 1. The van der Waals surface area contributed by atoms with Crippen molar-refractivity contribution in [2.45, 2.75) is 13.8 Å². The predicted octanol–water partition coefficient (Wildman–Crippen LogP) is -0.564. The summed E-state index contributed by atoms with van der Waals surface area (Å²) in [5.74, 6) is 0. The number of rotatable bonds is 6. The van der Waals surface area contributed by atoms with Gasteiger partial charge in [-0.3, -0.25) is 0 Å². The lowest BCUT2D eigenvalue weighted by molar-refractivity contribution is -0.803. The van der Waals surface area contributed by atoms with Crippen molar-refractivity contribution in [3.05, 3.63) is 0 Å². The molecule has 0 aliphatic heterocycles. The molecule has 0 fully saturated rings. The van der Waals surface area contributed by atoms with Crippen LogP contribution in [0.3, 0.4) is 0 Å². The number of likely N-dealkylation sites (N-methyl/N-ethyl adjacent to an activating group) is 1. The van der Waals surface area contributed by atoms with Gasteiger partial charge in [-0.2, -0.15) is 17.0 Å². The molecule has 8 heteroatoms. The van der Waals surface area contributed by atoms with Gasteiger partial charge >= 0.3 is 16.3 Å². The van der Waals surface area contributed by atoms with Gasteiger partial charge in [0.05, 0.1) is 26.8 Å². The summed E-state index contributed by atoms with van der Waals surface area (Å²) in [6.45, 7) is 3.61. The Morgan fingerprint density at radius 1 is 1.38 bits per heavy atom. The molecule has 7 nitrogen and oxygen atoms in total. The van der Waals surface area contributed by atoms with Gasteiger partial charge in [-0.25, -0.2) is 4.79 Å². The van der Waals surface area contributed by atoms with Gasteiger partial charge in [0, 0.05) is 0 Å². The molecule has 0 heterocycles. The second kappa shape index (κ2) is 6.02. The average molecular weight is 255 g/mol. The van der Waals surface area contributed by atoms with Gasteiger partial charge in [0.25, 0.3) is 0 Å². The van der Waals surface area contributed by atoms with Crippen molar-refractivity contribution in [2.75, 3.05) is 33.4 Å². The fourth-order valence-corrected chi connectivity index (χ4v) is 2.92. The largest absolute Gasteiger partial charge is 0.452 e. The first kappa shape index (κ1) is 15.1. The highest BCUT2D eigenvalue weighted by atomic mass is 32.2. The van der Waals surface area contributed by atoms with E-state index in [1.165, 1.54) is 0 Å². The average Bonchev–Trinajstić information content (AvgIpc) is 2.24. The molecule has 0 unspecified atom stereocenters. The van der Waals surface area contributed by atoms with E-state index in [2.05, 4.69) is 4.74 Å². The van der Waals surface area contributed by atoms with Crippen LogP contribution in [-0.4, -0.2) is 56.9 Å². The van der Waals surface area contributed by atoms with Crippen LogP contribution < -0.4 is 4.72 Å². The summed E-state index contributed by atoms with van der Waals surface area (Å²) in [5, 5.41) is 8.89. The molecule has 1 amide bonds. The molecule has 0 atom stereocenters. The summed E-state index contributed by atoms with van der Waals surface area (Å²) in [6, 6.07) is 0. The Labute approximate surface area is 95.8 Å². The summed E-state index contributed by atoms with van der Waals surface area (Å²) >= 11 is 0. The number of amides is 1. The van der Waals surface area contributed by atoms with Crippen molar-refractivity contribution >= 4 is 16.3 Å². The molecule has 0 aromatic heterocycles. The summed E-state index contributed by atoms with van der Waals surface area (Å²) in [4.78, 5) is 10.9. The third kappa shape index (κ3) is 3.06. The minimum absolute atomic E-state index is 0.0271. The number of nitrogens with one attached hydrogen (secondary N) is 1. The molecule has 0 bridgehead atoms. The van der Waals surface area contributed by atoms with Crippen LogP contribution in [0.2, 0.25) is 0 Å². The van der Waals surface area contributed by atoms with Crippen molar-refractivity contribution < 1.29 is 26.9 Å². The molecule has 0 rings (SSSR count). The second-order valence-corrected chi connectivity index (χ2v) is 5.14. The van der Waals surface area contributed by atoms with Crippen LogP contribution in [-0.2, 0) is 14.9 Å². The highest BCUT2D eigenvalue weighted by molar-refractivity contribution is 7.84. The third-order valence-electron chi connectivity index (χ3n) is 2.57. The zero-order valence-electron chi connectivity index (χ0n) is 9.76. The van der Waals surface area contributed by atoms with E-state index in [0.717, 1.165) is 7.11 Å². The molecule has 0 saturated heterocycles. The van der Waals surface area contributed by atoms with Crippen molar-refractivity contribution in [2.24, 2.45) is 0 Å². The number of carbonyl (C=O) groups excluding carboxylic acids is 1. The normalized spacial score (nSPS) is 12.2. The predicted molar refractivity (Wildman–Crippen MR) is 57.8 cm³/mol. The molecule has 0 aliphatic carbocycles. The monoisotopic (exact) mass is 255 g/mol. The third-order valence-corrected chi connectivity index (χ3v) is 4.71. The van der Waals surface area contributed by atoms with Crippen LogP contribution in [0.15, 0.2) is 0 Å². The zero-order valence-corrected chi connectivity index (χ0v) is 10.6. The Kier molecular flexibility index (Phi) is 5.70. The van der Waals surface area contributed by atoms with Crippen LogP contribution in [0, 0.1) is 0 Å². The molecule has 2 N–H and O–H groups in total. The quantitative estimate of drug-likeness (QED) is 0.620. The maximum atomic E-state index is 11.9. The van der Waals surface area contributed by atoms with E-state index in [1.54, 1.807) is 18.6 Å². The van der Waals surface area contributed by atoms with Crippen molar-refractivity contribution in [3.63, 3.8) is 0 Å². The lowest BCUT2D eigenvalue weighted by Gasteiger charge is -2.33. The summed E-state index contributed by atoms with van der Waals surface area (Å²) in [6.07, 6.45) is -1.03. The van der Waals surface area contributed by atoms with Gasteiger partial charge in [0.2, 0.25) is 0 Å². The molecule has 0 aliphatic rings. The standard InChI is InChI=1S/C8H18N2O5S/c1-4-10(5-2,6-7-11)16(13,14)9-8(12)15-3/h11H,4-7H2,1-3H3/p+1. The fraction of sp³-hybridized carbons (Fsp3) is 0.875. The summed E-state index contributed by atoms with van der Waals surface area (Å²) in [7, 11) is -2.82. The number of quaternary nitrogens is 1. The van der Waals surface area contributed by atoms with Gasteiger partial charge in [-0.05, 0) is 13.8 Å². The first-order chi connectivity index (χ1) is 7.39. The van der Waals surface area contributed by atoms with Crippen LogP contribution in [0.5, 0.6) is 0 Å². The number of hydrogen-bond donors (Lipinski definition) is 2. The van der Waals surface area contributed by atoms with Gasteiger partial charge in [-0.15, -0.1) is 0 Å². The highest BCUT2D eigenvalue weighted by Gasteiger charge is 2.40. The van der Waals surface area contributed by atoms with E-state index in [-0.39, 0.29) is 26.2 Å². The minimum Gasteiger partial charge on any atom is -0.452 e. The van der Waals surface area contributed by atoms with Crippen LogP contribution in [0.4, 0.5) is 4.79 Å². The van der Waals surface area contributed by atoms with Crippen LogP contribution in [0.1, 0.15) is 13.8 Å². The summed E-state index contributed by atoms with van der Waals surface area (Å²) in [5.41, 5.74) is 0. The minimum atomic E-state index is -3.90. The maximum Gasteiger partial charge on any atom is 0.424 e. The van der Waals surface area contributed by atoms with Crippen molar-refractivity contribution in [3.8, 4) is 0 Å². The van der Waals surface area contributed by atoms with E-state index in [9.17, 15) is 13.2 Å². The van der Waals surface area contributed by atoms with Gasteiger partial charge < -0.3 is 9.84 Å². The number of aliphatic hydroxyl groups excluding tert-OH is 1. The first-order valence-electron chi connectivity index (χ1n) is 4.97. The molecule has 0 saturated carbocycles. The van der Waals surface area contributed by atoms with Crippen LogP contribution in [0.25, 0.3) is 0 Å². The summed E-state index contributed by atoms with van der Waals surface area (Å²) < 4.78 is 29.5. The van der Waals surface area contributed by atoms with E-state index < -0.39 is 20.2 Å². The van der Waals surface area contributed by atoms with Gasteiger partial charge in [-0.1, -0.05) is 0 Å². The van der Waals surface area contributed by atoms with Crippen LogP contribution >= 0.6 is 0 Å². The van der Waals surface area contributed by atoms with E-state index in [0.29, 0.717) is 0 Å². The SMILES string of the molecule is CC[N+](CC)(CCO)S(=O)(=O)NC(=O)OC. The zero-order chi connectivity index (χ0) is 12.8. The molecule has 96 valence electrons. The molecular weight excluding hydrogens is 236 g/mol. The molecule has 0 radical (unpaired) electrons. The van der Waals surface area contributed by atoms with Gasteiger partial charge in [0.15, 0.2) is 0 Å². The Hall–Kier alpha value is -0.860. The fourth-order valence-electron chi connectivity index (χ4n) is 1.43. The van der Waals surface area contributed by atoms with E-state index in [1.807, 2.05) is 0 Å². The number of ether oxygens (including phenoxy) is 1. The maximum absolute atomic E-state index is 11.9. The van der Waals surface area contributed by atoms with E-state index in [4.69, 9.17) is 5.11 Å². The Morgan fingerprint density at radius 2 is 1.88 bits per heavy atom. The number of aliphatic hydroxyl groups is 1. The van der Waals surface area contributed by atoms with Crippen molar-refractivity contribution in [1.82, 2.24) is 4.72 Å². The number of methoxy groups -OCH3 is 1.